The van der Waals surface area contributed by atoms with Crippen molar-refractivity contribution in [2.24, 2.45) is 0 Å². The van der Waals surface area contributed by atoms with Crippen LogP contribution in [-0.2, 0) is 0 Å². The molecule has 0 aliphatic heterocycles. The quantitative estimate of drug-likeness (QED) is 0.819. The minimum Gasteiger partial charge on any atom is -0.397 e. The number of nitrogens with two attached hydrogens (primary N) is 1. The Morgan fingerprint density at radius 3 is 2.30 bits per heavy atom. The molecule has 20 heavy (non-hydrogen) atoms. The van der Waals surface area contributed by atoms with Crippen LogP contribution in [0.1, 0.15) is 10.4 Å². The molecule has 0 fully saturated rings. The molecule has 0 spiro atoms. The van der Waals surface area contributed by atoms with Crippen LogP contribution in [0.4, 0.5) is 20.2 Å². The fourth-order valence-corrected chi connectivity index (χ4v) is 2.19. The van der Waals surface area contributed by atoms with Crippen LogP contribution in [0.3, 0.4) is 0 Å². The Kier molecular flexibility index (Phi) is 4.11. The summed E-state index contributed by atoms with van der Waals surface area (Å²) < 4.78 is 26.5. The second-order valence-corrected chi connectivity index (χ2v) is 4.72. The van der Waals surface area contributed by atoms with E-state index in [9.17, 15) is 13.6 Å². The molecule has 0 saturated heterocycles. The number of hydrogen-bond donors (Lipinski definition) is 2. The Balaban J connectivity index is 2.38. The molecule has 0 atom stereocenters. The molecule has 0 aromatic heterocycles. The summed E-state index contributed by atoms with van der Waals surface area (Å²) in [6.45, 7) is 0. The highest BCUT2D eigenvalue weighted by Gasteiger charge is 2.18. The van der Waals surface area contributed by atoms with Crippen molar-refractivity contribution in [3.8, 4) is 0 Å². The van der Waals surface area contributed by atoms with Gasteiger partial charge in [0, 0.05) is 6.07 Å². The lowest BCUT2D eigenvalue weighted by atomic mass is 10.2. The van der Waals surface area contributed by atoms with E-state index in [1.165, 1.54) is 12.1 Å². The van der Waals surface area contributed by atoms with Crippen molar-refractivity contribution in [1.29, 1.82) is 0 Å². The predicted molar refractivity (Wildman–Crippen MR) is 75.2 cm³/mol. The molecule has 0 aliphatic carbocycles. The molecule has 2 aromatic rings. The van der Waals surface area contributed by atoms with Crippen LogP contribution in [0.5, 0.6) is 0 Å². The average Bonchev–Trinajstić information content (AvgIpc) is 2.33. The van der Waals surface area contributed by atoms with Crippen molar-refractivity contribution in [3.05, 3.63) is 57.6 Å². The molecule has 0 heterocycles. The van der Waals surface area contributed by atoms with Crippen LogP contribution in [0, 0.1) is 11.6 Å². The Bertz CT molecular complexity index is 649. The minimum absolute atomic E-state index is 0.0149. The third-order valence-corrected chi connectivity index (χ3v) is 3.14. The number of hydrogen-bond acceptors (Lipinski definition) is 2. The number of nitrogen functional groups attached to an aromatic ring is 1. The maximum atomic E-state index is 13.6. The molecule has 3 nitrogen and oxygen atoms in total. The highest BCUT2D eigenvalue weighted by Crippen LogP contribution is 2.28. The van der Waals surface area contributed by atoms with Crippen LogP contribution in [0.15, 0.2) is 30.3 Å². The number of carbonyl (C=O) groups excluding carboxylic acids is 1. The summed E-state index contributed by atoms with van der Waals surface area (Å²) in [5.41, 5.74) is 4.89. The van der Waals surface area contributed by atoms with Crippen LogP contribution >= 0.6 is 23.2 Å². The third-order valence-electron chi connectivity index (χ3n) is 2.51. The number of carbonyl (C=O) groups is 1. The van der Waals surface area contributed by atoms with Crippen LogP contribution in [0.2, 0.25) is 10.0 Å². The lowest BCUT2D eigenvalue weighted by molar-refractivity contribution is 0.102. The first-order valence-corrected chi connectivity index (χ1v) is 6.15. The molecule has 3 N–H and O–H groups in total. The van der Waals surface area contributed by atoms with Crippen molar-refractivity contribution in [3.63, 3.8) is 0 Å². The number of benzene rings is 2. The van der Waals surface area contributed by atoms with Gasteiger partial charge in [-0.1, -0.05) is 29.3 Å². The SMILES string of the molecule is Nc1cc(F)cc(F)c1NC(=O)c1c(Cl)cccc1Cl. The van der Waals surface area contributed by atoms with Gasteiger partial charge in [-0.3, -0.25) is 4.79 Å². The fourth-order valence-electron chi connectivity index (χ4n) is 1.62. The van der Waals surface area contributed by atoms with Crippen molar-refractivity contribution < 1.29 is 13.6 Å². The smallest absolute Gasteiger partial charge is 0.258 e. The van der Waals surface area contributed by atoms with E-state index in [2.05, 4.69) is 5.32 Å². The summed E-state index contributed by atoms with van der Waals surface area (Å²) in [7, 11) is 0. The van der Waals surface area contributed by atoms with Gasteiger partial charge in [0.05, 0.1) is 21.3 Å². The lowest BCUT2D eigenvalue weighted by Crippen LogP contribution is -2.15. The average molecular weight is 317 g/mol. The second kappa shape index (κ2) is 5.64. The second-order valence-electron chi connectivity index (χ2n) is 3.90. The van der Waals surface area contributed by atoms with E-state index in [0.29, 0.717) is 6.07 Å². The zero-order valence-electron chi connectivity index (χ0n) is 9.88. The first-order valence-electron chi connectivity index (χ1n) is 5.40. The molecule has 0 aliphatic rings. The van der Waals surface area contributed by atoms with Crippen molar-refractivity contribution >= 4 is 40.5 Å². The molecule has 0 radical (unpaired) electrons. The summed E-state index contributed by atoms with van der Waals surface area (Å²) in [6, 6.07) is 6.00. The number of anilines is 2. The van der Waals surface area contributed by atoms with E-state index >= 15 is 0 Å². The van der Waals surface area contributed by atoms with Gasteiger partial charge in [-0.2, -0.15) is 0 Å². The predicted octanol–water partition coefficient (Wildman–Crippen LogP) is 4.11. The molecule has 0 saturated carbocycles. The molecular formula is C13H8Cl2F2N2O. The van der Waals surface area contributed by atoms with Crippen molar-refractivity contribution in [2.45, 2.75) is 0 Å². The Morgan fingerprint density at radius 1 is 1.15 bits per heavy atom. The van der Waals surface area contributed by atoms with Gasteiger partial charge in [-0.05, 0) is 18.2 Å². The molecule has 2 aromatic carbocycles. The summed E-state index contributed by atoms with van der Waals surface area (Å²) in [4.78, 5) is 12.0. The van der Waals surface area contributed by atoms with Crippen molar-refractivity contribution in [1.82, 2.24) is 0 Å². The summed E-state index contributed by atoms with van der Waals surface area (Å²) in [5, 5.41) is 2.44. The third kappa shape index (κ3) is 2.84. The van der Waals surface area contributed by atoms with Crippen molar-refractivity contribution in [2.75, 3.05) is 11.1 Å². The normalized spacial score (nSPS) is 10.4. The van der Waals surface area contributed by atoms with Gasteiger partial charge < -0.3 is 11.1 Å². The van der Waals surface area contributed by atoms with E-state index in [1.807, 2.05) is 0 Å². The summed E-state index contributed by atoms with van der Waals surface area (Å²) in [6.07, 6.45) is 0. The number of rotatable bonds is 2. The Morgan fingerprint density at radius 2 is 1.75 bits per heavy atom. The van der Waals surface area contributed by atoms with Gasteiger partial charge in [0.25, 0.3) is 5.91 Å². The van der Waals surface area contributed by atoms with Gasteiger partial charge in [-0.15, -0.1) is 0 Å². The molecule has 0 unspecified atom stereocenters. The minimum atomic E-state index is -0.987. The number of nitrogens with one attached hydrogen (secondary N) is 1. The van der Waals surface area contributed by atoms with E-state index in [0.717, 1.165) is 6.07 Å². The summed E-state index contributed by atoms with van der Waals surface area (Å²) in [5.74, 6) is -2.56. The Hall–Kier alpha value is -1.85. The van der Waals surface area contributed by atoms with E-state index in [1.54, 1.807) is 6.07 Å². The van der Waals surface area contributed by atoms with Crippen LogP contribution < -0.4 is 11.1 Å². The monoisotopic (exact) mass is 316 g/mol. The lowest BCUT2D eigenvalue weighted by Gasteiger charge is -2.11. The van der Waals surface area contributed by atoms with Gasteiger partial charge in [-0.25, -0.2) is 8.78 Å². The maximum Gasteiger partial charge on any atom is 0.258 e. The molecular weight excluding hydrogens is 309 g/mol. The standard InChI is InChI=1S/C13H8Cl2F2N2O/c14-7-2-1-3-8(15)11(7)13(20)19-12-9(17)4-6(16)5-10(12)18/h1-5H,18H2,(H,19,20). The first-order chi connectivity index (χ1) is 9.40. The zero-order chi connectivity index (χ0) is 14.9. The molecule has 7 heteroatoms. The number of amides is 1. The Labute approximate surface area is 123 Å². The number of halogens is 4. The van der Waals surface area contributed by atoms with Gasteiger partial charge in [0.2, 0.25) is 0 Å². The largest absolute Gasteiger partial charge is 0.397 e. The molecule has 0 bridgehead atoms. The summed E-state index contributed by atoms with van der Waals surface area (Å²) >= 11 is 11.7. The maximum absolute atomic E-state index is 13.6. The molecule has 1 amide bonds. The molecule has 2 rings (SSSR count). The van der Waals surface area contributed by atoms with Gasteiger partial charge in [0.1, 0.15) is 11.5 Å². The van der Waals surface area contributed by atoms with E-state index in [-0.39, 0.29) is 27.0 Å². The fraction of sp³-hybridized carbons (Fsp3) is 0. The highest BCUT2D eigenvalue weighted by molar-refractivity contribution is 6.40. The van der Waals surface area contributed by atoms with E-state index < -0.39 is 17.5 Å². The zero-order valence-corrected chi connectivity index (χ0v) is 11.4. The highest BCUT2D eigenvalue weighted by atomic mass is 35.5. The van der Waals surface area contributed by atoms with Crippen LogP contribution in [-0.4, -0.2) is 5.91 Å². The van der Waals surface area contributed by atoms with E-state index in [4.69, 9.17) is 28.9 Å². The van der Waals surface area contributed by atoms with Gasteiger partial charge in [0.15, 0.2) is 5.82 Å². The topological polar surface area (TPSA) is 55.1 Å². The van der Waals surface area contributed by atoms with Gasteiger partial charge >= 0.3 is 0 Å². The first kappa shape index (κ1) is 14.6. The molecule has 104 valence electrons. The van der Waals surface area contributed by atoms with Crippen LogP contribution in [0.25, 0.3) is 0 Å².